The van der Waals surface area contributed by atoms with E-state index < -0.39 is 0 Å². The average molecular weight is 299 g/mol. The molecule has 0 N–H and O–H groups in total. The lowest BCUT2D eigenvalue weighted by Crippen LogP contribution is -2.24. The number of carbonyl (C=O) groups is 1. The van der Waals surface area contributed by atoms with Crippen LogP contribution in [0, 0.1) is 5.92 Å². The number of azide groups is 1. The van der Waals surface area contributed by atoms with Gasteiger partial charge in [-0.25, -0.2) is 0 Å². The van der Waals surface area contributed by atoms with E-state index in [1.807, 2.05) is 6.07 Å². The number of hydrogen-bond donors (Lipinski definition) is 0. The first kappa shape index (κ1) is 14.0. The van der Waals surface area contributed by atoms with E-state index in [1.165, 1.54) is 0 Å². The smallest absolute Gasteiger partial charge is 0.223 e. The summed E-state index contributed by atoms with van der Waals surface area (Å²) in [5.41, 5.74) is 9.22. The van der Waals surface area contributed by atoms with Crippen LogP contribution in [-0.4, -0.2) is 23.9 Å². The van der Waals surface area contributed by atoms with Crippen molar-refractivity contribution in [2.45, 2.75) is 13.0 Å². The van der Waals surface area contributed by atoms with E-state index in [1.54, 1.807) is 17.0 Å². The van der Waals surface area contributed by atoms with Gasteiger partial charge in [0.15, 0.2) is 0 Å². The number of amides is 1. The maximum absolute atomic E-state index is 11.8. The van der Waals surface area contributed by atoms with E-state index in [-0.39, 0.29) is 11.8 Å². The summed E-state index contributed by atoms with van der Waals surface area (Å²) in [5.74, 6) is 0.176. The van der Waals surface area contributed by atoms with E-state index >= 15 is 0 Å². The van der Waals surface area contributed by atoms with Crippen molar-refractivity contribution in [3.63, 3.8) is 0 Å². The van der Waals surface area contributed by atoms with Gasteiger partial charge in [0.2, 0.25) is 5.91 Å². The molecule has 100 valence electrons. The van der Waals surface area contributed by atoms with Crippen molar-refractivity contribution in [2.24, 2.45) is 11.0 Å². The highest BCUT2D eigenvalue weighted by Crippen LogP contribution is 2.25. The molecule has 19 heavy (non-hydrogen) atoms. The molecule has 1 unspecified atom stereocenters. The third-order valence-corrected chi connectivity index (χ3v) is 3.79. The van der Waals surface area contributed by atoms with Crippen LogP contribution in [0.15, 0.2) is 23.3 Å². The highest BCUT2D eigenvalue weighted by atomic mass is 35.5. The zero-order valence-corrected chi connectivity index (χ0v) is 11.6. The summed E-state index contributed by atoms with van der Waals surface area (Å²) in [6.07, 6.45) is 0.431. The quantitative estimate of drug-likeness (QED) is 0.475. The van der Waals surface area contributed by atoms with Crippen LogP contribution in [0.2, 0.25) is 10.0 Å². The van der Waals surface area contributed by atoms with Gasteiger partial charge in [-0.2, -0.15) is 0 Å². The number of halogens is 2. The van der Waals surface area contributed by atoms with Crippen LogP contribution in [-0.2, 0) is 11.3 Å². The molecule has 2 rings (SSSR count). The lowest BCUT2D eigenvalue weighted by atomic mass is 10.1. The second-order valence-corrected chi connectivity index (χ2v) is 5.32. The van der Waals surface area contributed by atoms with Gasteiger partial charge in [0.1, 0.15) is 0 Å². The minimum absolute atomic E-state index is 0.0733. The predicted molar refractivity (Wildman–Crippen MR) is 74.0 cm³/mol. The Bertz CT molecular complexity index is 543. The summed E-state index contributed by atoms with van der Waals surface area (Å²) in [6.45, 7) is 1.47. The Hall–Kier alpha value is -1.42. The molecule has 0 aliphatic carbocycles. The molecule has 0 radical (unpaired) electrons. The zero-order valence-electron chi connectivity index (χ0n) is 10.1. The molecule has 1 heterocycles. The van der Waals surface area contributed by atoms with E-state index in [4.69, 9.17) is 28.7 Å². The molecular formula is C12H12Cl2N4O. The van der Waals surface area contributed by atoms with Crippen LogP contribution < -0.4 is 0 Å². The van der Waals surface area contributed by atoms with Gasteiger partial charge >= 0.3 is 0 Å². The molecule has 0 bridgehead atoms. The standard InChI is InChI=1S/C12H12Cl2N4O/c13-10-2-1-8(3-11(10)14)6-18-7-9(4-12(18)19)5-16-17-15/h1-3,9H,4-7H2. The van der Waals surface area contributed by atoms with Gasteiger partial charge in [-0.05, 0) is 29.1 Å². The van der Waals surface area contributed by atoms with Crippen molar-refractivity contribution < 1.29 is 4.79 Å². The van der Waals surface area contributed by atoms with Gasteiger partial charge < -0.3 is 4.90 Å². The Balaban J connectivity index is 2.01. The monoisotopic (exact) mass is 298 g/mol. The minimum atomic E-state index is 0.0733. The Labute approximate surface area is 120 Å². The van der Waals surface area contributed by atoms with Gasteiger partial charge in [-0.3, -0.25) is 4.79 Å². The highest BCUT2D eigenvalue weighted by molar-refractivity contribution is 6.42. The summed E-state index contributed by atoms with van der Waals surface area (Å²) in [5, 5.41) is 4.50. The molecule has 1 aliphatic heterocycles. The first-order valence-corrected chi connectivity index (χ1v) is 6.58. The molecule has 1 aromatic rings. The zero-order chi connectivity index (χ0) is 13.8. The Morgan fingerprint density at radius 1 is 1.42 bits per heavy atom. The second kappa shape index (κ2) is 6.15. The van der Waals surface area contributed by atoms with Crippen molar-refractivity contribution in [1.29, 1.82) is 0 Å². The summed E-state index contributed by atoms with van der Waals surface area (Å²) in [4.78, 5) is 16.3. The fourth-order valence-electron chi connectivity index (χ4n) is 2.14. The minimum Gasteiger partial charge on any atom is -0.338 e. The lowest BCUT2D eigenvalue weighted by molar-refractivity contribution is -0.128. The fourth-order valence-corrected chi connectivity index (χ4v) is 2.46. The van der Waals surface area contributed by atoms with Gasteiger partial charge in [0.25, 0.3) is 0 Å². The van der Waals surface area contributed by atoms with Gasteiger partial charge in [-0.15, -0.1) is 0 Å². The Morgan fingerprint density at radius 2 is 2.21 bits per heavy atom. The van der Waals surface area contributed by atoms with Crippen molar-refractivity contribution in [3.8, 4) is 0 Å². The van der Waals surface area contributed by atoms with E-state index in [0.717, 1.165) is 5.56 Å². The number of likely N-dealkylation sites (tertiary alicyclic amines) is 1. The van der Waals surface area contributed by atoms with Crippen LogP contribution in [0.5, 0.6) is 0 Å². The van der Waals surface area contributed by atoms with Crippen LogP contribution in [0.25, 0.3) is 10.4 Å². The Kier molecular flexibility index (Phi) is 4.53. The summed E-state index contributed by atoms with van der Waals surface area (Å²) >= 11 is 11.8. The van der Waals surface area contributed by atoms with E-state index in [9.17, 15) is 4.79 Å². The van der Waals surface area contributed by atoms with Crippen LogP contribution in [0.4, 0.5) is 0 Å². The molecule has 1 aromatic carbocycles. The molecule has 0 saturated carbocycles. The third kappa shape index (κ3) is 3.53. The summed E-state index contributed by atoms with van der Waals surface area (Å²) in [7, 11) is 0. The van der Waals surface area contributed by atoms with Crippen LogP contribution in [0.3, 0.4) is 0 Å². The molecule has 1 saturated heterocycles. The molecule has 1 fully saturated rings. The summed E-state index contributed by atoms with van der Waals surface area (Å²) < 4.78 is 0. The first-order chi connectivity index (χ1) is 9.10. The second-order valence-electron chi connectivity index (χ2n) is 4.51. The van der Waals surface area contributed by atoms with E-state index in [2.05, 4.69) is 10.0 Å². The maximum atomic E-state index is 11.8. The van der Waals surface area contributed by atoms with Crippen molar-refractivity contribution in [3.05, 3.63) is 44.3 Å². The Morgan fingerprint density at radius 3 is 2.89 bits per heavy atom. The van der Waals surface area contributed by atoms with Crippen molar-refractivity contribution >= 4 is 29.1 Å². The van der Waals surface area contributed by atoms with Crippen LogP contribution >= 0.6 is 23.2 Å². The SMILES string of the molecule is [N-]=[N+]=NCC1CC(=O)N(Cc2ccc(Cl)c(Cl)c2)C1. The van der Waals surface area contributed by atoms with Crippen molar-refractivity contribution in [1.82, 2.24) is 4.90 Å². The number of rotatable bonds is 4. The number of carbonyl (C=O) groups excluding carboxylic acids is 1. The number of nitrogens with zero attached hydrogens (tertiary/aromatic N) is 4. The first-order valence-electron chi connectivity index (χ1n) is 5.82. The largest absolute Gasteiger partial charge is 0.338 e. The molecule has 0 spiro atoms. The number of hydrogen-bond acceptors (Lipinski definition) is 2. The number of benzene rings is 1. The molecule has 5 nitrogen and oxygen atoms in total. The van der Waals surface area contributed by atoms with Gasteiger partial charge in [0.05, 0.1) is 10.0 Å². The highest BCUT2D eigenvalue weighted by Gasteiger charge is 2.28. The van der Waals surface area contributed by atoms with Crippen LogP contribution in [0.1, 0.15) is 12.0 Å². The topological polar surface area (TPSA) is 69.1 Å². The molecule has 7 heteroatoms. The summed E-state index contributed by atoms with van der Waals surface area (Å²) in [6, 6.07) is 5.33. The van der Waals surface area contributed by atoms with Crippen molar-refractivity contribution in [2.75, 3.05) is 13.1 Å². The molecular weight excluding hydrogens is 287 g/mol. The fraction of sp³-hybridized carbons (Fsp3) is 0.417. The normalized spacial score (nSPS) is 18.5. The third-order valence-electron chi connectivity index (χ3n) is 3.06. The van der Waals surface area contributed by atoms with Gasteiger partial charge in [0, 0.05) is 31.0 Å². The molecule has 1 amide bonds. The molecule has 1 atom stereocenters. The van der Waals surface area contributed by atoms with Gasteiger partial charge in [-0.1, -0.05) is 34.4 Å². The average Bonchev–Trinajstić information content (AvgIpc) is 2.72. The lowest BCUT2D eigenvalue weighted by Gasteiger charge is -2.16. The molecule has 1 aliphatic rings. The molecule has 0 aromatic heterocycles. The predicted octanol–water partition coefficient (Wildman–Crippen LogP) is 3.65. The van der Waals surface area contributed by atoms with E-state index in [0.29, 0.717) is 36.1 Å². The maximum Gasteiger partial charge on any atom is 0.223 e.